The highest BCUT2D eigenvalue weighted by Crippen LogP contribution is 2.18. The minimum atomic E-state index is -0.286. The Morgan fingerprint density at radius 2 is 1.69 bits per heavy atom. The minimum Gasteiger partial charge on any atom is -0.489 e. The fourth-order valence-electron chi connectivity index (χ4n) is 2.76. The average molecular weight is 405 g/mol. The molecule has 3 aromatic carbocycles. The van der Waals surface area contributed by atoms with Crippen LogP contribution in [0.15, 0.2) is 78.9 Å². The molecule has 2 N–H and O–H groups in total. The first-order valence-electron chi connectivity index (χ1n) is 9.50. The summed E-state index contributed by atoms with van der Waals surface area (Å²) in [6.07, 6.45) is 0. The first kappa shape index (κ1) is 20.6. The molecule has 29 heavy (non-hydrogen) atoms. The average Bonchev–Trinajstić information content (AvgIpc) is 2.73. The molecule has 0 aliphatic carbocycles. The summed E-state index contributed by atoms with van der Waals surface area (Å²) >= 11 is 5.27. The van der Waals surface area contributed by atoms with E-state index in [1.54, 1.807) is 18.2 Å². The highest BCUT2D eigenvalue weighted by atomic mass is 32.1. The predicted molar refractivity (Wildman–Crippen MR) is 121 cm³/mol. The van der Waals surface area contributed by atoms with Gasteiger partial charge in [-0.2, -0.15) is 0 Å². The van der Waals surface area contributed by atoms with Crippen molar-refractivity contribution >= 4 is 28.9 Å². The fourth-order valence-corrected chi connectivity index (χ4v) is 2.97. The lowest BCUT2D eigenvalue weighted by Gasteiger charge is -2.12. The molecule has 148 valence electrons. The number of benzene rings is 3. The molecule has 0 spiro atoms. The van der Waals surface area contributed by atoms with Crippen molar-refractivity contribution in [2.75, 3.05) is 5.32 Å². The summed E-state index contributed by atoms with van der Waals surface area (Å²) in [5, 5.41) is 6.00. The zero-order chi connectivity index (χ0) is 20.6. The van der Waals surface area contributed by atoms with Crippen LogP contribution >= 0.6 is 12.2 Å². The van der Waals surface area contributed by atoms with Crippen LogP contribution in [-0.2, 0) is 6.61 Å². The van der Waals surface area contributed by atoms with Crippen LogP contribution in [0, 0.1) is 0 Å². The quantitative estimate of drug-likeness (QED) is 0.532. The summed E-state index contributed by atoms with van der Waals surface area (Å²) in [6.45, 7) is 4.73. The highest BCUT2D eigenvalue weighted by molar-refractivity contribution is 7.80. The number of nitrogens with one attached hydrogen (secondary N) is 2. The molecule has 0 fully saturated rings. The second-order valence-electron chi connectivity index (χ2n) is 6.99. The lowest BCUT2D eigenvalue weighted by Crippen LogP contribution is -2.34. The van der Waals surface area contributed by atoms with Crippen molar-refractivity contribution in [3.63, 3.8) is 0 Å². The van der Waals surface area contributed by atoms with Gasteiger partial charge in [0, 0.05) is 11.3 Å². The van der Waals surface area contributed by atoms with Crippen LogP contribution in [0.1, 0.15) is 41.3 Å². The van der Waals surface area contributed by atoms with E-state index in [1.807, 2.05) is 60.7 Å². The Labute approximate surface area is 176 Å². The first-order valence-corrected chi connectivity index (χ1v) is 9.91. The lowest BCUT2D eigenvalue weighted by molar-refractivity contribution is 0.0977. The number of amides is 1. The molecule has 0 saturated heterocycles. The topological polar surface area (TPSA) is 50.4 Å². The molecular weight excluding hydrogens is 380 g/mol. The third kappa shape index (κ3) is 6.16. The third-order valence-electron chi connectivity index (χ3n) is 4.41. The Bertz CT molecular complexity index is 970. The van der Waals surface area contributed by atoms with Gasteiger partial charge in [0.25, 0.3) is 5.91 Å². The van der Waals surface area contributed by atoms with Gasteiger partial charge < -0.3 is 10.1 Å². The fraction of sp³-hybridized carbons (Fsp3) is 0.167. The third-order valence-corrected chi connectivity index (χ3v) is 4.61. The van der Waals surface area contributed by atoms with Crippen molar-refractivity contribution in [1.29, 1.82) is 0 Å². The van der Waals surface area contributed by atoms with E-state index in [0.717, 1.165) is 11.3 Å². The smallest absolute Gasteiger partial charge is 0.257 e. The van der Waals surface area contributed by atoms with E-state index in [9.17, 15) is 4.79 Å². The number of hydrogen-bond acceptors (Lipinski definition) is 3. The molecule has 0 aromatic heterocycles. The van der Waals surface area contributed by atoms with Gasteiger partial charge in [-0.15, -0.1) is 0 Å². The summed E-state index contributed by atoms with van der Waals surface area (Å²) in [6, 6.07) is 24.9. The molecule has 4 nitrogen and oxygen atoms in total. The molecule has 0 aliphatic heterocycles. The van der Waals surface area contributed by atoms with Gasteiger partial charge in [0.2, 0.25) is 0 Å². The Morgan fingerprint density at radius 1 is 0.966 bits per heavy atom. The lowest BCUT2D eigenvalue weighted by atomic mass is 10.0. The van der Waals surface area contributed by atoms with Gasteiger partial charge in [0.05, 0.1) is 0 Å². The van der Waals surface area contributed by atoms with Crippen molar-refractivity contribution in [1.82, 2.24) is 5.32 Å². The van der Waals surface area contributed by atoms with E-state index < -0.39 is 0 Å². The number of carbonyl (C=O) groups is 1. The van der Waals surface area contributed by atoms with Crippen molar-refractivity contribution in [2.24, 2.45) is 0 Å². The zero-order valence-corrected chi connectivity index (χ0v) is 17.3. The van der Waals surface area contributed by atoms with E-state index in [2.05, 4.69) is 24.5 Å². The standard InChI is InChI=1S/C24H24N2O2S/c1-17(2)19-11-13-21(14-12-19)25-24(29)26-23(27)20-9-6-10-22(15-20)28-16-18-7-4-3-5-8-18/h3-15,17H,16H2,1-2H3,(H2,25,26,27,29). The van der Waals surface area contributed by atoms with E-state index in [4.69, 9.17) is 17.0 Å². The molecule has 3 rings (SSSR count). The van der Waals surface area contributed by atoms with Crippen molar-refractivity contribution in [2.45, 2.75) is 26.4 Å². The molecule has 0 atom stereocenters. The molecule has 0 unspecified atom stereocenters. The monoisotopic (exact) mass is 404 g/mol. The number of hydrogen-bond donors (Lipinski definition) is 2. The van der Waals surface area contributed by atoms with Gasteiger partial charge in [-0.1, -0.05) is 62.4 Å². The number of ether oxygens (including phenoxy) is 1. The molecule has 3 aromatic rings. The molecule has 0 aliphatic rings. The van der Waals surface area contributed by atoms with E-state index >= 15 is 0 Å². The van der Waals surface area contributed by atoms with Crippen LogP contribution in [0.25, 0.3) is 0 Å². The molecule has 0 bridgehead atoms. The van der Waals surface area contributed by atoms with Crippen molar-refractivity contribution in [3.05, 3.63) is 95.6 Å². The van der Waals surface area contributed by atoms with E-state index in [-0.39, 0.29) is 11.0 Å². The van der Waals surface area contributed by atoms with Crippen molar-refractivity contribution in [3.8, 4) is 5.75 Å². The molecule has 0 radical (unpaired) electrons. The maximum Gasteiger partial charge on any atom is 0.257 e. The van der Waals surface area contributed by atoms with Gasteiger partial charge in [-0.3, -0.25) is 10.1 Å². The SMILES string of the molecule is CC(C)c1ccc(NC(=S)NC(=O)c2cccc(OCc3ccccc3)c2)cc1. The summed E-state index contributed by atoms with van der Waals surface area (Å²) in [5.41, 5.74) is 3.63. The van der Waals surface area contributed by atoms with Crippen LogP contribution in [0.2, 0.25) is 0 Å². The largest absolute Gasteiger partial charge is 0.489 e. The van der Waals surface area contributed by atoms with Gasteiger partial charge in [-0.05, 0) is 59.6 Å². The van der Waals surface area contributed by atoms with Crippen LogP contribution in [0.4, 0.5) is 5.69 Å². The Balaban J connectivity index is 1.56. The van der Waals surface area contributed by atoms with Crippen LogP contribution in [0.5, 0.6) is 5.75 Å². The van der Waals surface area contributed by atoms with Gasteiger partial charge in [0.15, 0.2) is 5.11 Å². The predicted octanol–water partition coefficient (Wildman–Crippen LogP) is 5.52. The summed E-state index contributed by atoms with van der Waals surface area (Å²) in [5.74, 6) is 0.809. The molecule has 0 heterocycles. The minimum absolute atomic E-state index is 0.253. The number of carbonyl (C=O) groups excluding carboxylic acids is 1. The highest BCUT2D eigenvalue weighted by Gasteiger charge is 2.09. The zero-order valence-electron chi connectivity index (χ0n) is 16.5. The Kier molecular flexibility index (Phi) is 6.98. The number of rotatable bonds is 6. The molecular formula is C24H24N2O2S. The summed E-state index contributed by atoms with van der Waals surface area (Å²) in [4.78, 5) is 12.5. The van der Waals surface area contributed by atoms with Gasteiger partial charge in [0.1, 0.15) is 12.4 Å². The number of thiocarbonyl (C=S) groups is 1. The number of anilines is 1. The van der Waals surface area contributed by atoms with Gasteiger partial charge >= 0.3 is 0 Å². The second kappa shape index (κ2) is 9.85. The molecule has 1 amide bonds. The van der Waals surface area contributed by atoms with Gasteiger partial charge in [-0.25, -0.2) is 0 Å². The second-order valence-corrected chi connectivity index (χ2v) is 7.40. The maximum atomic E-state index is 12.5. The maximum absolute atomic E-state index is 12.5. The normalized spacial score (nSPS) is 10.4. The molecule has 5 heteroatoms. The van der Waals surface area contributed by atoms with Crippen molar-refractivity contribution < 1.29 is 9.53 Å². The van der Waals surface area contributed by atoms with E-state index in [0.29, 0.717) is 23.8 Å². The summed E-state index contributed by atoms with van der Waals surface area (Å²) in [7, 11) is 0. The Hall–Kier alpha value is -3.18. The van der Waals surface area contributed by atoms with E-state index in [1.165, 1.54) is 5.56 Å². The Morgan fingerprint density at radius 3 is 2.38 bits per heavy atom. The van der Waals surface area contributed by atoms with Crippen LogP contribution < -0.4 is 15.4 Å². The van der Waals surface area contributed by atoms with Crippen LogP contribution in [0.3, 0.4) is 0 Å². The molecule has 0 saturated carbocycles. The van der Waals surface area contributed by atoms with Crippen LogP contribution in [-0.4, -0.2) is 11.0 Å². The summed E-state index contributed by atoms with van der Waals surface area (Å²) < 4.78 is 5.79. The first-order chi connectivity index (χ1) is 14.0.